The lowest BCUT2D eigenvalue weighted by Gasteiger charge is -2.24. The molecule has 7 nitrogen and oxygen atoms in total. The van der Waals surface area contributed by atoms with E-state index in [0.717, 1.165) is 18.4 Å². The van der Waals surface area contributed by atoms with E-state index in [-0.39, 0.29) is 16.1 Å². The number of carboxylic acid groups (broad SMARTS) is 1. The molecule has 0 atom stereocenters. The number of benzene rings is 1. The van der Waals surface area contributed by atoms with Gasteiger partial charge in [-0.15, -0.1) is 0 Å². The highest BCUT2D eigenvalue weighted by molar-refractivity contribution is 7.92. The van der Waals surface area contributed by atoms with E-state index in [4.69, 9.17) is 0 Å². The van der Waals surface area contributed by atoms with Crippen molar-refractivity contribution in [2.45, 2.75) is 38.5 Å². The number of nitrogens with zero attached hydrogens (tertiary/aromatic N) is 2. The number of hydrogen-bond acceptors (Lipinski definition) is 5. The Morgan fingerprint density at radius 3 is 2.41 bits per heavy atom. The third-order valence-corrected chi connectivity index (χ3v) is 5.31. The summed E-state index contributed by atoms with van der Waals surface area (Å²) in [5, 5.41) is 9.58. The highest BCUT2D eigenvalue weighted by atomic mass is 32.2. The Kier molecular flexibility index (Phi) is 6.79. The van der Waals surface area contributed by atoms with Crippen LogP contribution in [0.1, 0.15) is 42.6 Å². The van der Waals surface area contributed by atoms with Crippen molar-refractivity contribution < 1.29 is 18.3 Å². The first kappa shape index (κ1) is 20.7. The van der Waals surface area contributed by atoms with E-state index >= 15 is 0 Å². The molecule has 27 heavy (non-hydrogen) atoms. The van der Waals surface area contributed by atoms with Gasteiger partial charge in [0.25, 0.3) is 10.0 Å². The number of anilines is 2. The largest absolute Gasteiger partial charge is 0.478 e. The molecule has 1 aromatic carbocycles. The van der Waals surface area contributed by atoms with Crippen LogP contribution in [0.3, 0.4) is 0 Å². The van der Waals surface area contributed by atoms with Gasteiger partial charge in [-0.2, -0.15) is 0 Å². The average Bonchev–Trinajstić information content (AvgIpc) is 2.61. The van der Waals surface area contributed by atoms with E-state index in [0.29, 0.717) is 18.9 Å². The number of carboxylic acids is 1. The van der Waals surface area contributed by atoms with Crippen LogP contribution in [0.25, 0.3) is 0 Å². The fourth-order valence-corrected chi connectivity index (χ4v) is 3.92. The number of pyridine rings is 1. The van der Waals surface area contributed by atoms with Gasteiger partial charge in [0.1, 0.15) is 11.4 Å². The number of carbonyl (C=O) groups is 1. The van der Waals surface area contributed by atoms with Gasteiger partial charge in [-0.25, -0.2) is 18.2 Å². The predicted molar refractivity (Wildman–Crippen MR) is 106 cm³/mol. The summed E-state index contributed by atoms with van der Waals surface area (Å²) in [6.45, 7) is 7.17. The number of rotatable bonds is 9. The van der Waals surface area contributed by atoms with Gasteiger partial charge in [0.05, 0.1) is 16.8 Å². The first-order valence-corrected chi connectivity index (χ1v) is 10.3. The van der Waals surface area contributed by atoms with E-state index in [1.807, 2.05) is 18.7 Å². The zero-order valence-electron chi connectivity index (χ0n) is 15.8. The molecular formula is C19H25N3O4S. The van der Waals surface area contributed by atoms with Crippen molar-refractivity contribution in [1.29, 1.82) is 0 Å². The van der Waals surface area contributed by atoms with Gasteiger partial charge >= 0.3 is 5.97 Å². The first-order chi connectivity index (χ1) is 12.8. The average molecular weight is 391 g/mol. The summed E-state index contributed by atoms with van der Waals surface area (Å²) < 4.78 is 27.5. The van der Waals surface area contributed by atoms with E-state index in [1.165, 1.54) is 18.3 Å². The van der Waals surface area contributed by atoms with Crippen molar-refractivity contribution in [2.75, 3.05) is 22.7 Å². The second-order valence-electron chi connectivity index (χ2n) is 6.31. The quantitative estimate of drug-likeness (QED) is 0.678. The van der Waals surface area contributed by atoms with Gasteiger partial charge in [-0.05, 0) is 43.5 Å². The molecule has 0 aliphatic carbocycles. The Bertz CT molecular complexity index is 907. The molecule has 0 radical (unpaired) electrons. The summed E-state index contributed by atoms with van der Waals surface area (Å²) in [5.41, 5.74) is 0.902. The summed E-state index contributed by atoms with van der Waals surface area (Å²) in [6, 6.07) is 7.80. The third-order valence-electron chi connectivity index (χ3n) is 3.94. The van der Waals surface area contributed by atoms with Crippen LogP contribution >= 0.6 is 0 Å². The maximum Gasteiger partial charge on any atom is 0.339 e. The predicted octanol–water partition coefficient (Wildman–Crippen LogP) is 3.52. The van der Waals surface area contributed by atoms with Gasteiger partial charge in [0.2, 0.25) is 0 Å². The maximum absolute atomic E-state index is 12.6. The molecule has 0 fully saturated rings. The molecule has 0 amide bonds. The molecule has 0 spiro atoms. The van der Waals surface area contributed by atoms with E-state index < -0.39 is 16.0 Å². The number of aromatic nitrogens is 1. The molecule has 1 aromatic heterocycles. The number of aromatic carboxylic acids is 1. The molecule has 0 aliphatic rings. The van der Waals surface area contributed by atoms with Crippen molar-refractivity contribution in [3.05, 3.63) is 47.7 Å². The van der Waals surface area contributed by atoms with Crippen LogP contribution < -0.4 is 9.62 Å². The van der Waals surface area contributed by atoms with Crippen molar-refractivity contribution in [3.63, 3.8) is 0 Å². The van der Waals surface area contributed by atoms with Crippen molar-refractivity contribution in [3.8, 4) is 0 Å². The third kappa shape index (κ3) is 5.19. The smallest absolute Gasteiger partial charge is 0.339 e. The second-order valence-corrected chi connectivity index (χ2v) is 7.99. The normalized spacial score (nSPS) is 11.2. The monoisotopic (exact) mass is 391 g/mol. The number of nitrogens with one attached hydrogen (secondary N) is 1. The van der Waals surface area contributed by atoms with E-state index in [9.17, 15) is 18.3 Å². The van der Waals surface area contributed by atoms with Crippen LogP contribution in [0.15, 0.2) is 41.4 Å². The summed E-state index contributed by atoms with van der Waals surface area (Å²) >= 11 is 0. The lowest BCUT2D eigenvalue weighted by atomic mass is 10.2. The minimum atomic E-state index is -3.83. The molecule has 8 heteroatoms. The summed E-state index contributed by atoms with van der Waals surface area (Å²) in [6.07, 6.45) is 3.05. The van der Waals surface area contributed by atoms with Gasteiger partial charge in [-0.1, -0.05) is 26.0 Å². The molecule has 2 aromatic rings. The molecule has 0 saturated carbocycles. The molecular weight excluding hydrogens is 366 g/mol. The second kappa shape index (κ2) is 8.85. The molecule has 0 unspecified atom stereocenters. The Balaban J connectivity index is 2.39. The van der Waals surface area contributed by atoms with Gasteiger partial charge in [0, 0.05) is 13.1 Å². The van der Waals surface area contributed by atoms with E-state index in [1.54, 1.807) is 25.1 Å². The van der Waals surface area contributed by atoms with Crippen LogP contribution in [-0.4, -0.2) is 37.6 Å². The highest BCUT2D eigenvalue weighted by Crippen LogP contribution is 2.24. The summed E-state index contributed by atoms with van der Waals surface area (Å²) in [4.78, 5) is 18.0. The van der Waals surface area contributed by atoms with Crippen molar-refractivity contribution in [1.82, 2.24) is 4.98 Å². The molecule has 2 rings (SSSR count). The summed E-state index contributed by atoms with van der Waals surface area (Å²) in [5.74, 6) is -0.795. The Morgan fingerprint density at radius 1 is 1.19 bits per heavy atom. The fourth-order valence-electron chi connectivity index (χ4n) is 2.78. The molecule has 146 valence electrons. The zero-order chi connectivity index (χ0) is 20.0. The van der Waals surface area contributed by atoms with Crippen molar-refractivity contribution in [2.24, 2.45) is 0 Å². The standard InChI is InChI=1S/C19H25N3O4S/c1-4-9-22(10-5-2)18-17(19(23)24)12-15(13-20-18)21-27(25,26)16-8-6-7-14(3)11-16/h6-8,11-13,21H,4-5,9-10H2,1-3H3,(H,23,24). The lowest BCUT2D eigenvalue weighted by molar-refractivity contribution is 0.0697. The zero-order valence-corrected chi connectivity index (χ0v) is 16.6. The molecule has 1 heterocycles. The van der Waals surface area contributed by atoms with Gasteiger partial charge < -0.3 is 10.0 Å². The molecule has 0 aliphatic heterocycles. The topological polar surface area (TPSA) is 99.6 Å². The lowest BCUT2D eigenvalue weighted by Crippen LogP contribution is -2.28. The summed E-state index contributed by atoms with van der Waals surface area (Å²) in [7, 11) is -3.83. The fraction of sp³-hybridized carbons (Fsp3) is 0.368. The molecule has 0 bridgehead atoms. The molecule has 2 N–H and O–H groups in total. The highest BCUT2D eigenvalue weighted by Gasteiger charge is 2.20. The van der Waals surface area contributed by atoms with Crippen LogP contribution in [0.4, 0.5) is 11.5 Å². The number of aryl methyl sites for hydroxylation is 1. The van der Waals surface area contributed by atoms with Crippen LogP contribution in [0, 0.1) is 6.92 Å². The van der Waals surface area contributed by atoms with Crippen LogP contribution in [-0.2, 0) is 10.0 Å². The Morgan fingerprint density at radius 2 is 1.85 bits per heavy atom. The van der Waals surface area contributed by atoms with Crippen LogP contribution in [0.5, 0.6) is 0 Å². The Labute approximate surface area is 160 Å². The SMILES string of the molecule is CCCN(CCC)c1ncc(NS(=O)(=O)c2cccc(C)c2)cc1C(=O)O. The minimum absolute atomic E-state index is 0.0265. The minimum Gasteiger partial charge on any atom is -0.478 e. The number of hydrogen-bond donors (Lipinski definition) is 2. The molecule has 0 saturated heterocycles. The first-order valence-electron chi connectivity index (χ1n) is 8.86. The van der Waals surface area contributed by atoms with Crippen LogP contribution in [0.2, 0.25) is 0 Å². The maximum atomic E-state index is 12.6. The van der Waals surface area contributed by atoms with Gasteiger partial charge in [0.15, 0.2) is 0 Å². The van der Waals surface area contributed by atoms with E-state index in [2.05, 4.69) is 9.71 Å². The van der Waals surface area contributed by atoms with Crippen molar-refractivity contribution >= 4 is 27.5 Å². The number of sulfonamides is 1. The Hall–Kier alpha value is -2.61. The van der Waals surface area contributed by atoms with Gasteiger partial charge in [-0.3, -0.25) is 4.72 Å².